The first kappa shape index (κ1) is 13.7. The molecule has 4 heteroatoms. The van der Waals surface area contributed by atoms with Gasteiger partial charge in [-0.15, -0.1) is 0 Å². The van der Waals surface area contributed by atoms with Crippen molar-refractivity contribution in [1.29, 1.82) is 0 Å². The van der Waals surface area contributed by atoms with Crippen molar-refractivity contribution in [3.8, 4) is 11.3 Å². The maximum atomic E-state index is 4.77. The number of nitrogens with zero attached hydrogens (tertiary/aromatic N) is 2. The van der Waals surface area contributed by atoms with Gasteiger partial charge in [0.1, 0.15) is 0 Å². The number of allylic oxidation sites excluding steroid dienone is 2. The minimum absolute atomic E-state index is 0.313. The summed E-state index contributed by atoms with van der Waals surface area (Å²) in [5.74, 6) is 0. The van der Waals surface area contributed by atoms with E-state index >= 15 is 0 Å². The zero-order valence-electron chi connectivity index (χ0n) is 12.9. The lowest BCUT2D eigenvalue weighted by Crippen LogP contribution is -2.30. The molecule has 0 bridgehead atoms. The van der Waals surface area contributed by atoms with Crippen LogP contribution in [0.4, 0.5) is 0 Å². The molecule has 0 spiro atoms. The Morgan fingerprint density at radius 3 is 2.55 bits per heavy atom. The Labute approximate surface area is 131 Å². The molecule has 1 aromatic carbocycles. The first-order valence-corrected chi connectivity index (χ1v) is 8.11. The second kappa shape index (κ2) is 5.71. The molecule has 4 rings (SSSR count). The van der Waals surface area contributed by atoms with Gasteiger partial charge in [-0.3, -0.25) is 5.43 Å². The maximum absolute atomic E-state index is 4.77. The summed E-state index contributed by atoms with van der Waals surface area (Å²) in [6.45, 7) is 2.22. The van der Waals surface area contributed by atoms with Crippen molar-refractivity contribution in [2.75, 3.05) is 0 Å². The number of nitrogens with one attached hydrogen (secondary N) is 2. The summed E-state index contributed by atoms with van der Waals surface area (Å²) >= 11 is 0. The second-order valence-electron chi connectivity index (χ2n) is 6.33. The van der Waals surface area contributed by atoms with Crippen molar-refractivity contribution in [2.45, 2.75) is 44.3 Å². The van der Waals surface area contributed by atoms with Crippen molar-refractivity contribution in [3.63, 3.8) is 0 Å². The lowest BCUT2D eigenvalue weighted by Gasteiger charge is -2.20. The Balaban J connectivity index is 1.78. The molecule has 2 aliphatic rings. The van der Waals surface area contributed by atoms with Crippen LogP contribution in [-0.4, -0.2) is 15.6 Å². The van der Waals surface area contributed by atoms with Crippen LogP contribution in [0.25, 0.3) is 11.3 Å². The molecule has 2 unspecified atom stereocenters. The maximum Gasteiger partial charge on any atom is 0.0959 e. The minimum Gasteiger partial charge on any atom is -0.329 e. The number of rotatable bonds is 3. The fourth-order valence-corrected chi connectivity index (χ4v) is 3.55. The van der Waals surface area contributed by atoms with Gasteiger partial charge >= 0.3 is 0 Å². The van der Waals surface area contributed by atoms with Crippen molar-refractivity contribution < 1.29 is 0 Å². The fourth-order valence-electron chi connectivity index (χ4n) is 3.55. The van der Waals surface area contributed by atoms with Gasteiger partial charge in [-0.25, -0.2) is 10.4 Å². The highest BCUT2D eigenvalue weighted by atomic mass is 15.4. The Kier molecular flexibility index (Phi) is 3.56. The van der Waals surface area contributed by atoms with Crippen LogP contribution in [0.1, 0.15) is 44.0 Å². The molecule has 0 saturated carbocycles. The van der Waals surface area contributed by atoms with Gasteiger partial charge in [0, 0.05) is 17.6 Å². The average molecular weight is 294 g/mol. The fraction of sp³-hybridized carbons (Fsp3) is 0.389. The third kappa shape index (κ3) is 2.38. The van der Waals surface area contributed by atoms with Crippen LogP contribution < -0.4 is 10.9 Å². The van der Waals surface area contributed by atoms with E-state index in [0.29, 0.717) is 18.1 Å². The van der Waals surface area contributed by atoms with E-state index in [1.54, 1.807) is 0 Å². The van der Waals surface area contributed by atoms with Crippen molar-refractivity contribution in [3.05, 3.63) is 54.5 Å². The molecule has 2 atom stereocenters. The molecule has 1 aliphatic heterocycles. The van der Waals surface area contributed by atoms with Gasteiger partial charge in [-0.2, -0.15) is 0 Å². The van der Waals surface area contributed by atoms with E-state index in [2.05, 4.69) is 64.8 Å². The molecule has 0 radical (unpaired) electrons. The van der Waals surface area contributed by atoms with Crippen LogP contribution in [-0.2, 0) is 0 Å². The van der Waals surface area contributed by atoms with E-state index in [1.165, 1.54) is 11.3 Å². The predicted molar refractivity (Wildman–Crippen MR) is 88.2 cm³/mol. The topological polar surface area (TPSA) is 41.9 Å². The quantitative estimate of drug-likeness (QED) is 0.853. The number of aromatic nitrogens is 2. The van der Waals surface area contributed by atoms with Crippen LogP contribution in [0, 0.1) is 0 Å². The third-order valence-electron chi connectivity index (χ3n) is 4.68. The molecule has 2 heterocycles. The van der Waals surface area contributed by atoms with Gasteiger partial charge < -0.3 is 4.57 Å². The second-order valence-corrected chi connectivity index (χ2v) is 6.33. The van der Waals surface area contributed by atoms with E-state index in [1.807, 2.05) is 6.33 Å². The standard InChI is InChI=1S/C18H22N4/c1-13-11-16(21-20-13)18-17(14-7-3-2-4-8-14)19-12-22(18)15-9-5-6-10-15/h2-8,12-13,15-16,20-21H,9-11H2,1H3. The Morgan fingerprint density at radius 2 is 1.86 bits per heavy atom. The number of benzene rings is 1. The van der Waals surface area contributed by atoms with E-state index in [-0.39, 0.29) is 0 Å². The van der Waals surface area contributed by atoms with Crippen LogP contribution in [0.2, 0.25) is 0 Å². The van der Waals surface area contributed by atoms with E-state index in [0.717, 1.165) is 25.0 Å². The van der Waals surface area contributed by atoms with Crippen LogP contribution >= 0.6 is 0 Å². The largest absolute Gasteiger partial charge is 0.329 e. The highest BCUT2D eigenvalue weighted by Gasteiger charge is 2.30. The average Bonchev–Trinajstić information content (AvgIpc) is 3.27. The third-order valence-corrected chi connectivity index (χ3v) is 4.68. The van der Waals surface area contributed by atoms with Crippen molar-refractivity contribution >= 4 is 0 Å². The zero-order chi connectivity index (χ0) is 14.9. The van der Waals surface area contributed by atoms with Gasteiger partial charge in [-0.05, 0) is 26.2 Å². The van der Waals surface area contributed by atoms with Gasteiger partial charge in [0.15, 0.2) is 0 Å². The Hall–Kier alpha value is -1.91. The SMILES string of the molecule is CC1CC(c2c(-c3ccccc3)ncn2C2CC=CC2)NN1. The van der Waals surface area contributed by atoms with Crippen molar-refractivity contribution in [1.82, 2.24) is 20.4 Å². The summed E-state index contributed by atoms with van der Waals surface area (Å²) < 4.78 is 2.39. The van der Waals surface area contributed by atoms with Crippen LogP contribution in [0.15, 0.2) is 48.8 Å². The summed E-state index contributed by atoms with van der Waals surface area (Å²) in [6, 6.07) is 11.8. The Bertz CT molecular complexity index is 666. The summed E-state index contributed by atoms with van der Waals surface area (Å²) in [7, 11) is 0. The summed E-state index contributed by atoms with van der Waals surface area (Å²) in [5, 5.41) is 0. The lowest BCUT2D eigenvalue weighted by molar-refractivity contribution is 0.472. The molecule has 22 heavy (non-hydrogen) atoms. The van der Waals surface area contributed by atoms with E-state index < -0.39 is 0 Å². The molecule has 4 nitrogen and oxygen atoms in total. The number of imidazole rings is 1. The van der Waals surface area contributed by atoms with E-state index in [9.17, 15) is 0 Å². The summed E-state index contributed by atoms with van der Waals surface area (Å²) in [5.41, 5.74) is 10.4. The lowest BCUT2D eigenvalue weighted by atomic mass is 10.0. The number of hydrogen-bond donors (Lipinski definition) is 2. The Morgan fingerprint density at radius 1 is 1.09 bits per heavy atom. The normalized spacial score (nSPS) is 25.1. The molecule has 2 aromatic rings. The molecule has 0 amide bonds. The highest BCUT2D eigenvalue weighted by Crippen LogP contribution is 2.35. The first-order chi connectivity index (χ1) is 10.8. The van der Waals surface area contributed by atoms with Crippen LogP contribution in [0.5, 0.6) is 0 Å². The molecule has 1 aromatic heterocycles. The molecule has 1 saturated heterocycles. The molecule has 1 aliphatic carbocycles. The zero-order valence-corrected chi connectivity index (χ0v) is 12.9. The smallest absolute Gasteiger partial charge is 0.0959 e. The first-order valence-electron chi connectivity index (χ1n) is 8.11. The highest BCUT2D eigenvalue weighted by molar-refractivity contribution is 5.62. The minimum atomic E-state index is 0.313. The summed E-state index contributed by atoms with van der Waals surface area (Å²) in [4.78, 5) is 4.77. The molecule has 2 N–H and O–H groups in total. The predicted octanol–water partition coefficient (Wildman–Crippen LogP) is 3.37. The molecular weight excluding hydrogens is 272 g/mol. The number of hydrogen-bond acceptors (Lipinski definition) is 3. The molecular formula is C18H22N4. The molecule has 1 fully saturated rings. The van der Waals surface area contributed by atoms with Gasteiger partial charge in [0.2, 0.25) is 0 Å². The summed E-state index contributed by atoms with van der Waals surface area (Å²) in [6.07, 6.45) is 9.88. The monoisotopic (exact) mass is 294 g/mol. The molecule has 114 valence electrons. The van der Waals surface area contributed by atoms with Gasteiger partial charge in [0.25, 0.3) is 0 Å². The van der Waals surface area contributed by atoms with Gasteiger partial charge in [0.05, 0.1) is 23.8 Å². The van der Waals surface area contributed by atoms with Crippen molar-refractivity contribution in [2.24, 2.45) is 0 Å². The van der Waals surface area contributed by atoms with Gasteiger partial charge in [-0.1, -0.05) is 42.5 Å². The number of hydrazine groups is 1. The van der Waals surface area contributed by atoms with Crippen LogP contribution in [0.3, 0.4) is 0 Å². The van der Waals surface area contributed by atoms with E-state index in [4.69, 9.17) is 4.98 Å².